The van der Waals surface area contributed by atoms with E-state index in [0.717, 1.165) is 19.9 Å². The van der Waals surface area contributed by atoms with E-state index in [1.807, 2.05) is 31.2 Å². The first-order valence-corrected chi connectivity index (χ1v) is 11.9. The topological polar surface area (TPSA) is 78.8 Å². The molecule has 166 valence electrons. The van der Waals surface area contributed by atoms with E-state index in [-0.39, 0.29) is 11.4 Å². The van der Waals surface area contributed by atoms with E-state index in [4.69, 9.17) is 0 Å². The fraction of sp³-hybridized carbons (Fsp3) is 0.130. The third-order valence-corrected chi connectivity index (χ3v) is 7.08. The van der Waals surface area contributed by atoms with Crippen molar-refractivity contribution < 1.29 is 17.6 Å². The summed E-state index contributed by atoms with van der Waals surface area (Å²) < 4.78 is 41.5. The Balaban J connectivity index is 1.80. The van der Waals surface area contributed by atoms with E-state index in [9.17, 15) is 17.6 Å². The van der Waals surface area contributed by atoms with Crippen LogP contribution in [0.1, 0.15) is 16.7 Å². The second-order valence-electron chi connectivity index (χ2n) is 7.03. The molecule has 0 aliphatic rings. The van der Waals surface area contributed by atoms with E-state index in [2.05, 4.69) is 26.5 Å². The number of hydrogen-bond acceptors (Lipinski definition) is 4. The first-order valence-electron chi connectivity index (χ1n) is 9.63. The molecule has 3 aromatic rings. The Hall–Kier alpha value is -2.88. The Morgan fingerprint density at radius 1 is 1.06 bits per heavy atom. The largest absolute Gasteiger partial charge is 0.272 e. The van der Waals surface area contributed by atoms with Crippen molar-refractivity contribution in [3.05, 3.63) is 99.8 Å². The summed E-state index contributed by atoms with van der Waals surface area (Å²) in [5, 5.41) is 3.91. The number of benzene rings is 3. The Morgan fingerprint density at radius 3 is 2.38 bits per heavy atom. The average Bonchev–Trinajstić information content (AvgIpc) is 2.76. The summed E-state index contributed by atoms with van der Waals surface area (Å²) in [6.45, 7) is 1.29. The van der Waals surface area contributed by atoms with Gasteiger partial charge in [-0.1, -0.05) is 64.0 Å². The van der Waals surface area contributed by atoms with E-state index in [1.54, 1.807) is 12.1 Å². The number of nitrogens with zero attached hydrogens (tertiary/aromatic N) is 2. The quantitative estimate of drug-likeness (QED) is 0.358. The second kappa shape index (κ2) is 10.6. The summed E-state index contributed by atoms with van der Waals surface area (Å²) in [5.74, 6) is -1.04. The number of halogens is 2. The third-order valence-electron chi connectivity index (χ3n) is 4.55. The molecule has 0 radical (unpaired) electrons. The fourth-order valence-corrected chi connectivity index (χ4v) is 4.60. The molecule has 0 aliphatic carbocycles. The Bertz CT molecular complexity index is 1210. The van der Waals surface area contributed by atoms with Crippen LogP contribution in [0.15, 0.2) is 87.3 Å². The minimum Gasteiger partial charge on any atom is -0.272 e. The summed E-state index contributed by atoms with van der Waals surface area (Å²) in [6.07, 6.45) is 1.46. The van der Waals surface area contributed by atoms with Gasteiger partial charge in [0.25, 0.3) is 5.91 Å². The maximum absolute atomic E-state index is 13.3. The Labute approximate surface area is 195 Å². The molecule has 0 saturated carbocycles. The van der Waals surface area contributed by atoms with Gasteiger partial charge >= 0.3 is 0 Å². The number of amides is 1. The minimum absolute atomic E-state index is 0.0646. The zero-order valence-corrected chi connectivity index (χ0v) is 19.6. The number of carbonyl (C=O) groups is 1. The molecule has 32 heavy (non-hydrogen) atoms. The van der Waals surface area contributed by atoms with E-state index >= 15 is 0 Å². The van der Waals surface area contributed by atoms with Crippen molar-refractivity contribution in [3.63, 3.8) is 0 Å². The lowest BCUT2D eigenvalue weighted by Crippen LogP contribution is -2.39. The van der Waals surface area contributed by atoms with Crippen molar-refractivity contribution in [3.8, 4) is 0 Å². The molecule has 0 heterocycles. The summed E-state index contributed by atoms with van der Waals surface area (Å²) >= 11 is 3.38. The van der Waals surface area contributed by atoms with Crippen LogP contribution in [0.2, 0.25) is 0 Å². The monoisotopic (exact) mass is 517 g/mol. The van der Waals surface area contributed by atoms with Gasteiger partial charge in [-0.3, -0.25) is 4.79 Å². The maximum atomic E-state index is 13.3. The lowest BCUT2D eigenvalue weighted by molar-refractivity contribution is -0.121. The molecule has 9 heteroatoms. The van der Waals surface area contributed by atoms with Crippen LogP contribution in [0.25, 0.3) is 0 Å². The zero-order valence-electron chi connectivity index (χ0n) is 17.2. The van der Waals surface area contributed by atoms with Crippen LogP contribution in [0.3, 0.4) is 0 Å². The van der Waals surface area contributed by atoms with E-state index < -0.39 is 28.3 Å². The molecule has 3 rings (SSSR count). The van der Waals surface area contributed by atoms with Crippen molar-refractivity contribution in [2.75, 3.05) is 6.54 Å². The molecule has 0 atom stereocenters. The molecule has 0 spiro atoms. The van der Waals surface area contributed by atoms with Gasteiger partial charge in [-0.15, -0.1) is 0 Å². The molecule has 0 fully saturated rings. The van der Waals surface area contributed by atoms with Crippen LogP contribution in [0.4, 0.5) is 4.39 Å². The van der Waals surface area contributed by atoms with Crippen LogP contribution in [-0.2, 0) is 21.4 Å². The molecule has 1 N–H and O–H groups in total. The molecule has 0 aliphatic heterocycles. The standard InChI is InChI=1S/C23H21BrFN3O3S/c1-17-6-12-21(13-7-17)32(30,31)28(15-18-8-10-20(25)11-9-18)16-23(29)27-26-14-19-4-2-3-5-22(19)24/h2-14H,15-16H2,1H3,(H,27,29)/b26-14-. The molecule has 0 bridgehead atoms. The number of sulfonamides is 1. The molecular formula is C23H21BrFN3O3S. The van der Waals surface area contributed by atoms with Crippen molar-refractivity contribution in [1.82, 2.24) is 9.73 Å². The molecule has 6 nitrogen and oxygen atoms in total. The first kappa shape index (κ1) is 23.8. The number of aryl methyl sites for hydroxylation is 1. The highest BCUT2D eigenvalue weighted by molar-refractivity contribution is 9.10. The van der Waals surface area contributed by atoms with Gasteiger partial charge in [0.1, 0.15) is 5.82 Å². The predicted molar refractivity (Wildman–Crippen MR) is 125 cm³/mol. The van der Waals surface area contributed by atoms with Crippen molar-refractivity contribution in [2.45, 2.75) is 18.4 Å². The van der Waals surface area contributed by atoms with Gasteiger partial charge in [0.05, 0.1) is 17.7 Å². The summed E-state index contributed by atoms with van der Waals surface area (Å²) in [7, 11) is -3.99. The predicted octanol–water partition coefficient (Wildman–Crippen LogP) is 4.24. The van der Waals surface area contributed by atoms with Gasteiger partial charge in [0.15, 0.2) is 0 Å². The van der Waals surface area contributed by atoms with Gasteiger partial charge in [-0.2, -0.15) is 9.41 Å². The van der Waals surface area contributed by atoms with Crippen molar-refractivity contribution >= 4 is 38.1 Å². The average molecular weight is 518 g/mol. The van der Waals surface area contributed by atoms with E-state index in [0.29, 0.717) is 5.56 Å². The van der Waals surface area contributed by atoms with Crippen LogP contribution < -0.4 is 5.43 Å². The number of nitrogens with one attached hydrogen (secondary N) is 1. The minimum atomic E-state index is -3.99. The van der Waals surface area contributed by atoms with Crippen molar-refractivity contribution in [2.24, 2.45) is 5.10 Å². The highest BCUT2D eigenvalue weighted by Crippen LogP contribution is 2.19. The van der Waals surface area contributed by atoms with Crippen LogP contribution in [-0.4, -0.2) is 31.4 Å². The fourth-order valence-electron chi connectivity index (χ4n) is 2.83. The second-order valence-corrected chi connectivity index (χ2v) is 9.82. The number of hydrazone groups is 1. The number of carbonyl (C=O) groups excluding carboxylic acids is 1. The van der Waals surface area contributed by atoms with Crippen LogP contribution >= 0.6 is 15.9 Å². The highest BCUT2D eigenvalue weighted by atomic mass is 79.9. The highest BCUT2D eigenvalue weighted by Gasteiger charge is 2.27. The van der Waals surface area contributed by atoms with Gasteiger partial charge in [-0.25, -0.2) is 18.2 Å². The zero-order chi connectivity index (χ0) is 23.1. The molecule has 0 saturated heterocycles. The molecule has 0 aromatic heterocycles. The van der Waals surface area contributed by atoms with Crippen LogP contribution in [0.5, 0.6) is 0 Å². The normalized spacial score (nSPS) is 11.8. The SMILES string of the molecule is Cc1ccc(S(=O)(=O)N(CC(=O)N/N=C\c2ccccc2Br)Cc2ccc(F)cc2)cc1. The van der Waals surface area contributed by atoms with Gasteiger partial charge in [0.2, 0.25) is 10.0 Å². The molecular weight excluding hydrogens is 497 g/mol. The Morgan fingerprint density at radius 2 is 1.72 bits per heavy atom. The third kappa shape index (κ3) is 6.32. The molecule has 0 unspecified atom stereocenters. The van der Waals surface area contributed by atoms with Gasteiger partial charge in [0, 0.05) is 16.6 Å². The maximum Gasteiger partial charge on any atom is 0.255 e. The summed E-state index contributed by atoms with van der Waals surface area (Å²) in [4.78, 5) is 12.6. The lowest BCUT2D eigenvalue weighted by atomic mass is 10.2. The van der Waals surface area contributed by atoms with E-state index in [1.165, 1.54) is 42.6 Å². The van der Waals surface area contributed by atoms with Crippen LogP contribution in [0, 0.1) is 12.7 Å². The smallest absolute Gasteiger partial charge is 0.255 e. The van der Waals surface area contributed by atoms with Gasteiger partial charge < -0.3 is 0 Å². The Kier molecular flexibility index (Phi) is 7.89. The lowest BCUT2D eigenvalue weighted by Gasteiger charge is -2.21. The molecule has 3 aromatic carbocycles. The number of rotatable bonds is 8. The van der Waals surface area contributed by atoms with Crippen molar-refractivity contribution in [1.29, 1.82) is 0 Å². The first-order chi connectivity index (χ1) is 15.3. The summed E-state index contributed by atoms with van der Waals surface area (Å²) in [5.41, 5.74) is 4.57. The summed E-state index contributed by atoms with van der Waals surface area (Å²) in [6, 6.07) is 19.1. The van der Waals surface area contributed by atoms with Gasteiger partial charge in [-0.05, 0) is 42.8 Å². The molecule has 1 amide bonds. The number of hydrogen-bond donors (Lipinski definition) is 1.